The summed E-state index contributed by atoms with van der Waals surface area (Å²) in [7, 11) is 0. The Labute approximate surface area is 128 Å². The van der Waals surface area contributed by atoms with Crippen molar-refractivity contribution in [3.8, 4) is 0 Å². The molecule has 1 fully saturated rings. The summed E-state index contributed by atoms with van der Waals surface area (Å²) in [5.41, 5.74) is 2.21. The maximum absolute atomic E-state index is 6.45. The molecule has 0 aromatic carbocycles. The second-order valence-corrected chi connectivity index (χ2v) is 6.76. The van der Waals surface area contributed by atoms with Gasteiger partial charge in [-0.3, -0.25) is 4.68 Å². The van der Waals surface area contributed by atoms with Gasteiger partial charge in [-0.05, 0) is 51.5 Å². The number of rotatable bonds is 6. The smallest absolute Gasteiger partial charge is 0.0847 e. The van der Waals surface area contributed by atoms with Crippen molar-refractivity contribution in [2.45, 2.75) is 66.0 Å². The van der Waals surface area contributed by atoms with Crippen LogP contribution in [-0.4, -0.2) is 22.4 Å². The number of hydrogen-bond acceptors (Lipinski definition) is 2. The van der Waals surface area contributed by atoms with Gasteiger partial charge in [0.15, 0.2) is 0 Å². The summed E-state index contributed by atoms with van der Waals surface area (Å²) in [5, 5.41) is 9.02. The van der Waals surface area contributed by atoms with Crippen LogP contribution in [0.3, 0.4) is 0 Å². The first-order valence-electron chi connectivity index (χ1n) is 7.98. The van der Waals surface area contributed by atoms with Crippen LogP contribution in [0.4, 0.5) is 0 Å². The third kappa shape index (κ3) is 3.56. The summed E-state index contributed by atoms with van der Waals surface area (Å²) < 4.78 is 2.09. The summed E-state index contributed by atoms with van der Waals surface area (Å²) in [6.45, 7) is 10.6. The predicted octanol–water partition coefficient (Wildman–Crippen LogP) is 3.82. The van der Waals surface area contributed by atoms with E-state index in [9.17, 15) is 0 Å². The fourth-order valence-electron chi connectivity index (χ4n) is 3.35. The summed E-state index contributed by atoms with van der Waals surface area (Å²) in [6.07, 6.45) is 5.11. The Bertz CT molecular complexity index is 439. The zero-order valence-electron chi connectivity index (χ0n) is 13.2. The fraction of sp³-hybridized carbons (Fsp3) is 0.812. The molecule has 2 unspecified atom stereocenters. The summed E-state index contributed by atoms with van der Waals surface area (Å²) in [5.74, 6) is 1.54. The highest BCUT2D eigenvalue weighted by molar-refractivity contribution is 6.31. The van der Waals surface area contributed by atoms with Gasteiger partial charge in [0, 0.05) is 12.6 Å². The molecule has 114 valence electrons. The molecule has 0 amide bonds. The van der Waals surface area contributed by atoms with E-state index in [4.69, 9.17) is 11.6 Å². The molecular formula is C16H28ClN3. The highest BCUT2D eigenvalue weighted by atomic mass is 35.5. The van der Waals surface area contributed by atoms with Crippen molar-refractivity contribution in [2.75, 3.05) is 6.54 Å². The molecule has 2 atom stereocenters. The largest absolute Gasteiger partial charge is 0.314 e. The molecule has 20 heavy (non-hydrogen) atoms. The number of halogens is 1. The van der Waals surface area contributed by atoms with Gasteiger partial charge in [-0.15, -0.1) is 0 Å². The average Bonchev–Trinajstić information content (AvgIpc) is 2.96. The standard InChI is InChI=1S/C16H28ClN3/c1-5-20-15(16(17)12(4)19-20)9-13-7-6-8-14(13)10-18-11(2)3/h11,13-14,18H,5-10H2,1-4H3. The lowest BCUT2D eigenvalue weighted by molar-refractivity contribution is 0.347. The van der Waals surface area contributed by atoms with E-state index >= 15 is 0 Å². The zero-order chi connectivity index (χ0) is 14.7. The van der Waals surface area contributed by atoms with Crippen molar-refractivity contribution in [3.05, 3.63) is 16.4 Å². The van der Waals surface area contributed by atoms with Gasteiger partial charge in [-0.2, -0.15) is 5.10 Å². The third-order valence-electron chi connectivity index (χ3n) is 4.51. The molecule has 1 N–H and O–H groups in total. The van der Waals surface area contributed by atoms with Gasteiger partial charge in [0.25, 0.3) is 0 Å². The van der Waals surface area contributed by atoms with Crippen LogP contribution in [0.1, 0.15) is 51.4 Å². The molecule has 3 nitrogen and oxygen atoms in total. The molecule has 0 saturated heterocycles. The van der Waals surface area contributed by atoms with Gasteiger partial charge in [0.05, 0.1) is 16.4 Å². The van der Waals surface area contributed by atoms with Crippen LogP contribution in [0.2, 0.25) is 5.02 Å². The van der Waals surface area contributed by atoms with Crippen LogP contribution < -0.4 is 5.32 Å². The minimum Gasteiger partial charge on any atom is -0.314 e. The molecule has 1 aliphatic carbocycles. The molecule has 0 spiro atoms. The fourth-order valence-corrected chi connectivity index (χ4v) is 3.56. The lowest BCUT2D eigenvalue weighted by atomic mass is 9.91. The Kier molecular flexibility index (Phi) is 5.50. The van der Waals surface area contributed by atoms with E-state index in [1.54, 1.807) is 0 Å². The van der Waals surface area contributed by atoms with Crippen molar-refractivity contribution in [2.24, 2.45) is 11.8 Å². The molecule has 1 aliphatic rings. The average molecular weight is 298 g/mol. The Morgan fingerprint density at radius 3 is 2.70 bits per heavy atom. The second kappa shape index (κ2) is 6.95. The van der Waals surface area contributed by atoms with E-state index in [-0.39, 0.29) is 0 Å². The summed E-state index contributed by atoms with van der Waals surface area (Å²) in [6, 6.07) is 0.572. The number of aryl methyl sites for hydroxylation is 2. The van der Waals surface area contributed by atoms with Gasteiger partial charge >= 0.3 is 0 Å². The highest BCUT2D eigenvalue weighted by Crippen LogP contribution is 2.35. The monoisotopic (exact) mass is 297 g/mol. The van der Waals surface area contributed by atoms with Gasteiger partial charge in [0.1, 0.15) is 0 Å². The Hall–Kier alpha value is -0.540. The van der Waals surface area contributed by atoms with Crippen molar-refractivity contribution in [1.82, 2.24) is 15.1 Å². The van der Waals surface area contributed by atoms with Crippen LogP contribution in [0.25, 0.3) is 0 Å². The molecule has 0 radical (unpaired) electrons. The normalized spacial score (nSPS) is 22.9. The molecule has 1 aromatic rings. The second-order valence-electron chi connectivity index (χ2n) is 6.38. The van der Waals surface area contributed by atoms with E-state index in [1.165, 1.54) is 25.0 Å². The van der Waals surface area contributed by atoms with Crippen LogP contribution in [0.15, 0.2) is 0 Å². The SMILES string of the molecule is CCn1nc(C)c(Cl)c1CC1CCCC1CNC(C)C. The van der Waals surface area contributed by atoms with Gasteiger partial charge in [-0.1, -0.05) is 31.9 Å². The Morgan fingerprint density at radius 2 is 2.05 bits per heavy atom. The van der Waals surface area contributed by atoms with Crippen LogP contribution in [0, 0.1) is 18.8 Å². The third-order valence-corrected chi connectivity index (χ3v) is 5.00. The number of hydrogen-bond donors (Lipinski definition) is 1. The molecule has 1 saturated carbocycles. The summed E-state index contributed by atoms with van der Waals surface area (Å²) in [4.78, 5) is 0. The molecule has 1 heterocycles. The zero-order valence-corrected chi connectivity index (χ0v) is 14.0. The molecule has 4 heteroatoms. The van der Waals surface area contributed by atoms with Crippen molar-refractivity contribution in [1.29, 1.82) is 0 Å². The first kappa shape index (κ1) is 15.8. The van der Waals surface area contributed by atoms with E-state index in [1.807, 2.05) is 6.92 Å². The van der Waals surface area contributed by atoms with Crippen LogP contribution in [0.5, 0.6) is 0 Å². The summed E-state index contributed by atoms with van der Waals surface area (Å²) >= 11 is 6.45. The van der Waals surface area contributed by atoms with E-state index < -0.39 is 0 Å². The van der Waals surface area contributed by atoms with Crippen molar-refractivity contribution < 1.29 is 0 Å². The van der Waals surface area contributed by atoms with E-state index in [0.717, 1.165) is 42.1 Å². The van der Waals surface area contributed by atoms with Gasteiger partial charge in [-0.25, -0.2) is 0 Å². The predicted molar refractivity (Wildman–Crippen MR) is 85.3 cm³/mol. The van der Waals surface area contributed by atoms with E-state index in [0.29, 0.717) is 6.04 Å². The van der Waals surface area contributed by atoms with Crippen molar-refractivity contribution >= 4 is 11.6 Å². The van der Waals surface area contributed by atoms with Gasteiger partial charge in [0.2, 0.25) is 0 Å². The van der Waals surface area contributed by atoms with Gasteiger partial charge < -0.3 is 5.32 Å². The molecule has 0 bridgehead atoms. The Balaban J connectivity index is 2.05. The van der Waals surface area contributed by atoms with Crippen LogP contribution in [-0.2, 0) is 13.0 Å². The highest BCUT2D eigenvalue weighted by Gasteiger charge is 2.29. The maximum Gasteiger partial charge on any atom is 0.0847 e. The number of aromatic nitrogens is 2. The molecule has 0 aliphatic heterocycles. The maximum atomic E-state index is 6.45. The lowest BCUT2D eigenvalue weighted by Crippen LogP contribution is -2.31. The first-order valence-corrected chi connectivity index (χ1v) is 8.35. The molecular weight excluding hydrogens is 270 g/mol. The van der Waals surface area contributed by atoms with Crippen molar-refractivity contribution in [3.63, 3.8) is 0 Å². The van der Waals surface area contributed by atoms with Crippen LogP contribution >= 0.6 is 11.6 Å². The number of nitrogens with one attached hydrogen (secondary N) is 1. The first-order chi connectivity index (χ1) is 9.52. The molecule has 2 rings (SSSR count). The minimum atomic E-state index is 0.572. The molecule has 1 aromatic heterocycles. The van der Waals surface area contributed by atoms with E-state index in [2.05, 4.69) is 35.9 Å². The number of nitrogens with zero attached hydrogens (tertiary/aromatic N) is 2. The quantitative estimate of drug-likeness (QED) is 0.865. The Morgan fingerprint density at radius 1 is 1.35 bits per heavy atom. The minimum absolute atomic E-state index is 0.572. The lowest BCUT2D eigenvalue weighted by Gasteiger charge is -2.22. The topological polar surface area (TPSA) is 29.9 Å².